The van der Waals surface area contributed by atoms with Gasteiger partial charge in [-0.15, -0.1) is 0 Å². The van der Waals surface area contributed by atoms with Crippen molar-refractivity contribution in [1.82, 2.24) is 20.1 Å². The number of nitrogens with one attached hydrogen (secondary N) is 2. The van der Waals surface area contributed by atoms with Gasteiger partial charge in [0.1, 0.15) is 28.8 Å². The number of amides is 1. The van der Waals surface area contributed by atoms with Crippen LogP contribution in [-0.2, 0) is 0 Å². The molecule has 1 saturated heterocycles. The van der Waals surface area contributed by atoms with Gasteiger partial charge in [-0.05, 0) is 33.3 Å². The predicted molar refractivity (Wildman–Crippen MR) is 119 cm³/mol. The summed E-state index contributed by atoms with van der Waals surface area (Å²) < 4.78 is 40.5. The van der Waals surface area contributed by atoms with Crippen LogP contribution >= 0.6 is 0 Å². The maximum atomic E-state index is 13.7. The molecule has 1 fully saturated rings. The molecule has 0 radical (unpaired) electrons. The summed E-state index contributed by atoms with van der Waals surface area (Å²) in [6, 6.07) is 5.45. The molecular weight excluding hydrogens is 423 g/mol. The third-order valence-electron chi connectivity index (χ3n) is 4.39. The predicted octanol–water partition coefficient (Wildman–Crippen LogP) is 2.85. The number of piperazine rings is 1. The third-order valence-corrected chi connectivity index (χ3v) is 4.39. The minimum Gasteiger partial charge on any atom is -0.372 e. The topological polar surface area (TPSA) is 80.7 Å². The highest BCUT2D eigenvalue weighted by Gasteiger charge is 2.24. The fourth-order valence-electron chi connectivity index (χ4n) is 2.86. The standard InChI is InChI=1S/C18H19F3N4O2.C2H7N.C2H6/c1-24-5-7-25(8-6-24)18(27)14-3-2-4-15(22-14)23-17(26)16-12(20)9-11(19)10-13(16)21;1-3-2;1-2/h2-4,9-10,18,27H,5-8H2,1H3,(H,22,23,26);3H,1-2H3;1-2H3. The number of anilines is 1. The first-order valence-electron chi connectivity index (χ1n) is 10.4. The average molecular weight is 456 g/mol. The van der Waals surface area contributed by atoms with E-state index in [1.165, 1.54) is 6.07 Å². The van der Waals surface area contributed by atoms with Crippen LogP contribution in [0.15, 0.2) is 30.3 Å². The molecule has 1 aromatic heterocycles. The van der Waals surface area contributed by atoms with E-state index in [4.69, 9.17) is 0 Å². The molecule has 3 N–H and O–H groups in total. The molecule has 32 heavy (non-hydrogen) atoms. The lowest BCUT2D eigenvalue weighted by Gasteiger charge is -2.35. The average Bonchev–Trinajstić information content (AvgIpc) is 2.75. The normalized spacial score (nSPS) is 15.0. The number of aliphatic hydroxyl groups excluding tert-OH is 1. The Morgan fingerprint density at radius 2 is 1.59 bits per heavy atom. The minimum absolute atomic E-state index is 0.0220. The number of aliphatic hydroxyl groups is 1. The largest absolute Gasteiger partial charge is 0.372 e. The lowest BCUT2D eigenvalue weighted by atomic mass is 10.1. The van der Waals surface area contributed by atoms with Crippen LogP contribution in [0.3, 0.4) is 0 Å². The van der Waals surface area contributed by atoms with E-state index in [9.17, 15) is 23.1 Å². The molecule has 1 aromatic carbocycles. The fourth-order valence-corrected chi connectivity index (χ4v) is 2.86. The lowest BCUT2D eigenvalue weighted by molar-refractivity contribution is -0.0258. The van der Waals surface area contributed by atoms with Gasteiger partial charge < -0.3 is 20.6 Å². The molecule has 1 aliphatic heterocycles. The number of pyridine rings is 1. The van der Waals surface area contributed by atoms with E-state index >= 15 is 0 Å². The number of likely N-dealkylation sites (N-methyl/N-ethyl adjacent to an activating group) is 1. The van der Waals surface area contributed by atoms with Gasteiger partial charge in [0, 0.05) is 38.3 Å². The van der Waals surface area contributed by atoms with E-state index in [-0.39, 0.29) is 5.82 Å². The Hall–Kier alpha value is -2.53. The van der Waals surface area contributed by atoms with Gasteiger partial charge in [-0.1, -0.05) is 19.9 Å². The summed E-state index contributed by atoms with van der Waals surface area (Å²) in [4.78, 5) is 20.3. The second kappa shape index (κ2) is 13.8. The first-order chi connectivity index (χ1) is 15.3. The van der Waals surface area contributed by atoms with Crippen molar-refractivity contribution in [2.45, 2.75) is 20.1 Å². The maximum Gasteiger partial charge on any atom is 0.262 e. The number of carbonyl (C=O) groups is 1. The molecule has 0 saturated carbocycles. The van der Waals surface area contributed by atoms with Crippen LogP contribution in [0.5, 0.6) is 0 Å². The van der Waals surface area contributed by atoms with Gasteiger partial charge in [0.15, 0.2) is 6.23 Å². The third kappa shape index (κ3) is 7.86. The van der Waals surface area contributed by atoms with E-state index in [1.54, 1.807) is 12.1 Å². The first kappa shape index (κ1) is 27.5. The van der Waals surface area contributed by atoms with Crippen LogP contribution in [-0.4, -0.2) is 73.1 Å². The highest BCUT2D eigenvalue weighted by atomic mass is 19.1. The summed E-state index contributed by atoms with van der Waals surface area (Å²) in [5.74, 6) is -4.80. The molecule has 7 nitrogen and oxygen atoms in total. The van der Waals surface area contributed by atoms with Gasteiger partial charge in [-0.2, -0.15) is 0 Å². The van der Waals surface area contributed by atoms with Crippen molar-refractivity contribution in [1.29, 1.82) is 0 Å². The monoisotopic (exact) mass is 455 g/mol. The van der Waals surface area contributed by atoms with Crippen LogP contribution in [0.2, 0.25) is 0 Å². The highest BCUT2D eigenvalue weighted by molar-refractivity contribution is 6.04. The maximum absolute atomic E-state index is 13.7. The van der Waals surface area contributed by atoms with Gasteiger partial charge in [0.25, 0.3) is 5.91 Å². The van der Waals surface area contributed by atoms with E-state index in [0.717, 1.165) is 13.1 Å². The zero-order chi connectivity index (χ0) is 24.3. The SMILES string of the molecule is CC.CN1CCN(C(O)c2cccc(NC(=O)c3c(F)cc(F)cc3F)n2)CC1.CNC. The number of nitrogens with zero attached hydrogens (tertiary/aromatic N) is 3. The smallest absolute Gasteiger partial charge is 0.262 e. The lowest BCUT2D eigenvalue weighted by Crippen LogP contribution is -2.46. The molecule has 2 heterocycles. The van der Waals surface area contributed by atoms with E-state index in [1.807, 2.05) is 39.9 Å². The Morgan fingerprint density at radius 3 is 2.12 bits per heavy atom. The number of rotatable bonds is 4. The summed E-state index contributed by atoms with van der Waals surface area (Å²) in [6.07, 6.45) is -0.963. The number of halogens is 3. The van der Waals surface area contributed by atoms with Gasteiger partial charge in [-0.25, -0.2) is 18.2 Å². The van der Waals surface area contributed by atoms with Crippen molar-refractivity contribution >= 4 is 11.7 Å². The Morgan fingerprint density at radius 1 is 1.06 bits per heavy atom. The van der Waals surface area contributed by atoms with Crippen LogP contribution < -0.4 is 10.6 Å². The van der Waals surface area contributed by atoms with Crippen LogP contribution in [0.1, 0.15) is 36.1 Å². The highest BCUT2D eigenvalue weighted by Crippen LogP contribution is 2.20. The molecule has 0 bridgehead atoms. The van der Waals surface area contributed by atoms with Crippen LogP contribution in [0, 0.1) is 17.5 Å². The van der Waals surface area contributed by atoms with Gasteiger partial charge >= 0.3 is 0 Å². The zero-order valence-corrected chi connectivity index (χ0v) is 19.1. The Balaban J connectivity index is 0.000000944. The Kier molecular flexibility index (Phi) is 11.9. The quantitative estimate of drug-likeness (QED) is 0.658. The summed E-state index contributed by atoms with van der Waals surface area (Å²) >= 11 is 0. The number of aromatic nitrogens is 1. The van der Waals surface area contributed by atoms with Crippen molar-refractivity contribution < 1.29 is 23.1 Å². The Labute approximate surface area is 187 Å². The zero-order valence-electron chi connectivity index (χ0n) is 19.1. The van der Waals surface area contributed by atoms with Crippen LogP contribution in [0.4, 0.5) is 19.0 Å². The molecule has 1 atom stereocenters. The number of benzene rings is 1. The van der Waals surface area contributed by atoms with Gasteiger partial charge in [-0.3, -0.25) is 9.69 Å². The van der Waals surface area contributed by atoms with E-state index in [0.29, 0.717) is 30.9 Å². The van der Waals surface area contributed by atoms with Gasteiger partial charge in [0.05, 0.1) is 5.69 Å². The van der Waals surface area contributed by atoms with Crippen molar-refractivity contribution in [3.8, 4) is 0 Å². The summed E-state index contributed by atoms with van der Waals surface area (Å²) in [5.41, 5.74) is -0.597. The van der Waals surface area contributed by atoms with Crippen LogP contribution in [0.25, 0.3) is 0 Å². The molecule has 1 amide bonds. The fraction of sp³-hybridized carbons (Fsp3) is 0.455. The minimum atomic E-state index is -1.31. The van der Waals surface area contributed by atoms with Gasteiger partial charge in [0.2, 0.25) is 0 Å². The van der Waals surface area contributed by atoms with Crippen molar-refractivity contribution in [2.75, 3.05) is 52.6 Å². The molecule has 0 spiro atoms. The van der Waals surface area contributed by atoms with E-state index < -0.39 is 35.2 Å². The molecule has 1 aliphatic rings. The molecule has 10 heteroatoms. The second-order valence-corrected chi connectivity index (χ2v) is 6.86. The summed E-state index contributed by atoms with van der Waals surface area (Å²) in [7, 11) is 5.74. The molecule has 3 rings (SSSR count). The van der Waals surface area contributed by atoms with Crippen molar-refractivity contribution in [2.24, 2.45) is 0 Å². The second-order valence-electron chi connectivity index (χ2n) is 6.86. The molecule has 2 aromatic rings. The van der Waals surface area contributed by atoms with Crippen molar-refractivity contribution in [3.63, 3.8) is 0 Å². The number of carbonyl (C=O) groups excluding carboxylic acids is 1. The van der Waals surface area contributed by atoms with Crippen molar-refractivity contribution in [3.05, 3.63) is 59.0 Å². The first-order valence-corrected chi connectivity index (χ1v) is 10.4. The number of hydrogen-bond donors (Lipinski definition) is 3. The summed E-state index contributed by atoms with van der Waals surface area (Å²) in [6.45, 7) is 6.91. The molecule has 1 unspecified atom stereocenters. The summed E-state index contributed by atoms with van der Waals surface area (Å²) in [5, 5.41) is 15.5. The van der Waals surface area contributed by atoms with E-state index in [2.05, 4.69) is 20.5 Å². The number of hydrogen-bond acceptors (Lipinski definition) is 6. The molecule has 178 valence electrons. The molecular formula is C22H32F3N5O2. The molecule has 0 aliphatic carbocycles. The Bertz CT molecular complexity index is 838.